The first kappa shape index (κ1) is 7.52. The van der Waals surface area contributed by atoms with Gasteiger partial charge in [0.25, 0.3) is 0 Å². The van der Waals surface area contributed by atoms with Gasteiger partial charge in [0.2, 0.25) is 0 Å². The molecular weight excluding hydrogens is 151 g/mol. The van der Waals surface area contributed by atoms with Crippen LogP contribution < -0.4 is 0 Å². The van der Waals surface area contributed by atoms with Gasteiger partial charge in [-0.1, -0.05) is 0 Å². The van der Waals surface area contributed by atoms with Gasteiger partial charge in [0.1, 0.15) is 0 Å². The molecule has 0 aromatic carbocycles. The normalized spacial score (nSPS) is 11.1. The number of aliphatic hydroxyl groups excluding tert-OH is 1. The molecule has 0 radical (unpaired) electrons. The monoisotopic (exact) mass is 164 g/mol. The average molecular weight is 164 g/mol. The fraction of sp³-hybridized carbons (Fsp3) is 1.00. The summed E-state index contributed by atoms with van der Waals surface area (Å²) in [6.45, 7) is 2.61. The van der Waals surface area contributed by atoms with Crippen LogP contribution in [0.5, 0.6) is 0 Å². The first-order chi connectivity index (χ1) is 3.41. The van der Waals surface area contributed by atoms with E-state index in [0.29, 0.717) is 6.61 Å². The van der Waals surface area contributed by atoms with Gasteiger partial charge in [-0.05, 0) is 0 Å². The van der Waals surface area contributed by atoms with Crippen LogP contribution in [0.25, 0.3) is 0 Å². The Labute approximate surface area is 51.8 Å². The molecule has 1 nitrogen and oxygen atoms in total. The quantitative estimate of drug-likeness (QED) is 0.478. The van der Waals surface area contributed by atoms with Crippen molar-refractivity contribution in [2.75, 3.05) is 6.61 Å². The minimum absolute atomic E-state index is 0.264. The molecule has 0 aliphatic heterocycles. The summed E-state index contributed by atoms with van der Waals surface area (Å²) < 4.78 is 0. The van der Waals surface area contributed by atoms with Crippen molar-refractivity contribution < 1.29 is 5.11 Å². The number of hydrogen-bond donors (Lipinski definition) is 1. The van der Waals surface area contributed by atoms with Gasteiger partial charge in [-0.25, -0.2) is 0 Å². The average Bonchev–Trinajstić information content (AvgIpc) is 1.69. The Kier molecular flexibility index (Phi) is 7.00. The van der Waals surface area contributed by atoms with Gasteiger partial charge in [-0.3, -0.25) is 0 Å². The molecule has 0 aliphatic carbocycles. The summed E-state index contributed by atoms with van der Waals surface area (Å²) in [6, 6.07) is 0. The summed E-state index contributed by atoms with van der Waals surface area (Å²) in [5.41, 5.74) is 0. The van der Waals surface area contributed by atoms with Gasteiger partial charge in [0, 0.05) is 0 Å². The van der Waals surface area contributed by atoms with Gasteiger partial charge in [-0.2, -0.15) is 0 Å². The summed E-state index contributed by atoms with van der Waals surface area (Å²) in [7, 11) is 0. The fourth-order valence-electron chi connectivity index (χ4n) is 0.381. The molecule has 0 rings (SSSR count). The molecule has 1 unspecified atom stereocenters. The van der Waals surface area contributed by atoms with E-state index in [1.54, 1.807) is 0 Å². The first-order valence-corrected chi connectivity index (χ1v) is 5.70. The van der Waals surface area contributed by atoms with Crippen molar-refractivity contribution in [3.63, 3.8) is 0 Å². The molecule has 0 aliphatic rings. The summed E-state index contributed by atoms with van der Waals surface area (Å²) in [5.74, 6) is 0. The van der Waals surface area contributed by atoms with Gasteiger partial charge in [0.15, 0.2) is 0 Å². The van der Waals surface area contributed by atoms with Crippen LogP contribution in [0.3, 0.4) is 0 Å². The van der Waals surface area contributed by atoms with E-state index in [4.69, 9.17) is 5.11 Å². The Hall–Kier alpha value is 0.518. The molecule has 7 heavy (non-hydrogen) atoms. The molecule has 1 atom stereocenters. The fourth-order valence-corrected chi connectivity index (χ4v) is 1.98. The van der Waals surface area contributed by atoms with Crippen molar-refractivity contribution in [2.45, 2.75) is 23.8 Å². The van der Waals surface area contributed by atoms with Gasteiger partial charge < -0.3 is 0 Å². The van der Waals surface area contributed by atoms with Crippen LogP contribution in [0.1, 0.15) is 13.3 Å². The van der Waals surface area contributed by atoms with Crippen LogP contribution in [-0.2, 0) is 0 Å². The zero-order valence-electron chi connectivity index (χ0n) is 4.78. The number of aliphatic hydroxyl groups is 1. The van der Waals surface area contributed by atoms with E-state index < -0.39 is 0 Å². The van der Waals surface area contributed by atoms with Gasteiger partial charge in [-0.15, -0.1) is 0 Å². The maximum absolute atomic E-state index is 8.32. The maximum atomic E-state index is 8.32. The zero-order chi connectivity index (χ0) is 5.54. The minimum atomic E-state index is 0.264. The van der Waals surface area contributed by atoms with E-state index in [1.807, 2.05) is 0 Å². The molecule has 0 fully saturated rings. The van der Waals surface area contributed by atoms with Crippen molar-refractivity contribution in [2.24, 2.45) is 0 Å². The molecule has 0 aromatic heterocycles. The molecule has 0 bridgehead atoms. The standard InChI is InChI=1S/C5H13AsO/c1-2-3-6-4-5-7/h6-7H,2-5H2,1H3. The summed E-state index contributed by atoms with van der Waals surface area (Å²) in [6.07, 6.45) is 1.31. The summed E-state index contributed by atoms with van der Waals surface area (Å²) in [4.78, 5) is 0. The van der Waals surface area contributed by atoms with Crippen molar-refractivity contribution >= 4 is 15.8 Å². The molecule has 0 saturated carbocycles. The molecular formula is C5H13AsO. The SMILES string of the molecule is CCC[AsH]CCO. The second-order valence-corrected chi connectivity index (χ2v) is 4.62. The zero-order valence-corrected chi connectivity index (χ0v) is 6.87. The third kappa shape index (κ3) is 6.52. The van der Waals surface area contributed by atoms with Crippen molar-refractivity contribution in [1.82, 2.24) is 0 Å². The number of rotatable bonds is 4. The van der Waals surface area contributed by atoms with Crippen LogP contribution in [0.2, 0.25) is 10.4 Å². The Morgan fingerprint density at radius 1 is 1.43 bits per heavy atom. The Morgan fingerprint density at radius 3 is 2.57 bits per heavy atom. The second-order valence-electron chi connectivity index (χ2n) is 1.47. The predicted molar refractivity (Wildman–Crippen MR) is 34.1 cm³/mol. The second kappa shape index (κ2) is 6.52. The van der Waals surface area contributed by atoms with Crippen LogP contribution in [-0.4, -0.2) is 27.5 Å². The van der Waals surface area contributed by atoms with E-state index in [9.17, 15) is 0 Å². The van der Waals surface area contributed by atoms with Crippen molar-refractivity contribution in [3.05, 3.63) is 0 Å². The first-order valence-electron chi connectivity index (χ1n) is 2.73. The molecule has 0 aromatic rings. The van der Waals surface area contributed by atoms with E-state index in [2.05, 4.69) is 6.92 Å². The van der Waals surface area contributed by atoms with Crippen LogP contribution >= 0.6 is 0 Å². The van der Waals surface area contributed by atoms with E-state index in [-0.39, 0.29) is 15.8 Å². The number of hydrogen-bond acceptors (Lipinski definition) is 1. The van der Waals surface area contributed by atoms with E-state index in [1.165, 1.54) is 11.6 Å². The molecule has 1 N–H and O–H groups in total. The Bertz CT molecular complexity index is 27.3. The van der Waals surface area contributed by atoms with Crippen molar-refractivity contribution in [1.29, 1.82) is 0 Å². The third-order valence-electron chi connectivity index (χ3n) is 0.715. The van der Waals surface area contributed by atoms with Crippen LogP contribution in [0, 0.1) is 0 Å². The van der Waals surface area contributed by atoms with E-state index in [0.717, 1.165) is 5.21 Å². The molecule has 0 amide bonds. The van der Waals surface area contributed by atoms with Crippen molar-refractivity contribution in [3.8, 4) is 0 Å². The molecule has 0 saturated heterocycles. The summed E-state index contributed by atoms with van der Waals surface area (Å²) in [5, 5.41) is 10.8. The molecule has 0 spiro atoms. The van der Waals surface area contributed by atoms with Gasteiger partial charge in [0.05, 0.1) is 0 Å². The molecule has 2 heteroatoms. The molecule has 44 valence electrons. The van der Waals surface area contributed by atoms with Crippen LogP contribution in [0.15, 0.2) is 0 Å². The Morgan fingerprint density at radius 2 is 2.14 bits per heavy atom. The summed E-state index contributed by atoms with van der Waals surface area (Å²) >= 11 is 0.264. The van der Waals surface area contributed by atoms with E-state index >= 15 is 0 Å². The van der Waals surface area contributed by atoms with Gasteiger partial charge >= 0.3 is 51.2 Å². The predicted octanol–water partition coefficient (Wildman–Crippen LogP) is 0.662. The Balaban J connectivity index is 2.45. The van der Waals surface area contributed by atoms with Crippen LogP contribution in [0.4, 0.5) is 0 Å². The third-order valence-corrected chi connectivity index (χ3v) is 3.72. The molecule has 0 heterocycles. The topological polar surface area (TPSA) is 20.2 Å².